The fourth-order valence-corrected chi connectivity index (χ4v) is 4.37. The zero-order valence-electron chi connectivity index (χ0n) is 10.1. The minimum atomic E-state index is 0.404. The Hall–Kier alpha value is -0.380. The average molecular weight is 296 g/mol. The van der Waals surface area contributed by atoms with Crippen molar-refractivity contribution < 1.29 is 4.74 Å². The van der Waals surface area contributed by atoms with E-state index >= 15 is 0 Å². The maximum atomic E-state index is 5.61. The summed E-state index contributed by atoms with van der Waals surface area (Å²) in [5.41, 5.74) is 1.40. The second kappa shape index (κ2) is 4.71. The van der Waals surface area contributed by atoms with Crippen LogP contribution in [-0.4, -0.2) is 35.5 Å². The van der Waals surface area contributed by atoms with E-state index in [4.69, 9.17) is 4.74 Å². The third kappa shape index (κ3) is 2.05. The van der Waals surface area contributed by atoms with Crippen molar-refractivity contribution in [1.29, 1.82) is 0 Å². The Bertz CT molecular complexity index is 383. The zero-order chi connectivity index (χ0) is 11.8. The van der Waals surface area contributed by atoms with Gasteiger partial charge in [-0.2, -0.15) is 0 Å². The molecule has 1 heterocycles. The van der Waals surface area contributed by atoms with Crippen LogP contribution in [0.25, 0.3) is 0 Å². The van der Waals surface area contributed by atoms with E-state index in [1.54, 1.807) is 0 Å². The molecule has 1 aromatic rings. The number of alkyl halides is 1. The van der Waals surface area contributed by atoms with Gasteiger partial charge in [0.1, 0.15) is 0 Å². The first-order chi connectivity index (χ1) is 8.29. The SMILES string of the molecule is CO[C@@H]1C[C@H]2CN(Cc3ccccc3)[C@@H]1[C@@H]2Br. The molecule has 1 aliphatic heterocycles. The lowest BCUT2D eigenvalue weighted by Gasteiger charge is -2.32. The van der Waals surface area contributed by atoms with Gasteiger partial charge < -0.3 is 4.74 Å². The van der Waals surface area contributed by atoms with E-state index < -0.39 is 0 Å². The van der Waals surface area contributed by atoms with Crippen molar-refractivity contribution in [2.45, 2.75) is 29.9 Å². The maximum Gasteiger partial charge on any atom is 0.0741 e. The van der Waals surface area contributed by atoms with Crippen molar-refractivity contribution in [3.8, 4) is 0 Å². The van der Waals surface area contributed by atoms with Gasteiger partial charge in [0.25, 0.3) is 0 Å². The number of hydrogen-bond donors (Lipinski definition) is 0. The molecule has 2 nitrogen and oxygen atoms in total. The molecule has 2 aliphatic rings. The summed E-state index contributed by atoms with van der Waals surface area (Å²) in [6.07, 6.45) is 1.62. The van der Waals surface area contributed by atoms with Crippen LogP contribution in [0, 0.1) is 5.92 Å². The van der Waals surface area contributed by atoms with Crippen LogP contribution >= 0.6 is 15.9 Å². The lowest BCUT2D eigenvalue weighted by Crippen LogP contribution is -2.42. The molecule has 1 saturated carbocycles. The number of rotatable bonds is 3. The van der Waals surface area contributed by atoms with Crippen molar-refractivity contribution in [2.75, 3.05) is 13.7 Å². The number of halogens is 1. The zero-order valence-corrected chi connectivity index (χ0v) is 11.6. The van der Waals surface area contributed by atoms with Crippen LogP contribution < -0.4 is 0 Å². The van der Waals surface area contributed by atoms with Gasteiger partial charge in [0, 0.05) is 31.1 Å². The topological polar surface area (TPSA) is 12.5 Å². The van der Waals surface area contributed by atoms with Gasteiger partial charge in [0.2, 0.25) is 0 Å². The normalized spacial score (nSPS) is 36.6. The Kier molecular flexibility index (Phi) is 3.24. The molecule has 92 valence electrons. The van der Waals surface area contributed by atoms with E-state index in [0.29, 0.717) is 17.0 Å². The number of hydrogen-bond acceptors (Lipinski definition) is 2. The number of fused-ring (bicyclic) bond motifs is 2. The number of piperidine rings is 1. The van der Waals surface area contributed by atoms with Gasteiger partial charge in [-0.3, -0.25) is 4.90 Å². The van der Waals surface area contributed by atoms with Crippen LogP contribution in [0.4, 0.5) is 0 Å². The van der Waals surface area contributed by atoms with Crippen molar-refractivity contribution >= 4 is 15.9 Å². The predicted molar refractivity (Wildman–Crippen MR) is 72.3 cm³/mol. The molecular weight excluding hydrogens is 278 g/mol. The van der Waals surface area contributed by atoms with Gasteiger partial charge in [0.05, 0.1) is 6.10 Å². The Morgan fingerprint density at radius 2 is 2.12 bits per heavy atom. The van der Waals surface area contributed by atoms with Crippen LogP contribution in [0.1, 0.15) is 12.0 Å². The van der Waals surface area contributed by atoms with Gasteiger partial charge in [-0.15, -0.1) is 0 Å². The first-order valence-electron chi connectivity index (χ1n) is 6.24. The molecule has 2 fully saturated rings. The van der Waals surface area contributed by atoms with Gasteiger partial charge >= 0.3 is 0 Å². The second-order valence-corrected chi connectivity index (χ2v) is 6.18. The first-order valence-corrected chi connectivity index (χ1v) is 7.16. The van der Waals surface area contributed by atoms with Crippen molar-refractivity contribution in [2.24, 2.45) is 5.92 Å². The molecule has 17 heavy (non-hydrogen) atoms. The monoisotopic (exact) mass is 295 g/mol. The summed E-state index contributed by atoms with van der Waals surface area (Å²) in [5.74, 6) is 0.758. The summed E-state index contributed by atoms with van der Waals surface area (Å²) >= 11 is 3.84. The van der Waals surface area contributed by atoms with E-state index in [1.165, 1.54) is 18.5 Å². The lowest BCUT2D eigenvalue weighted by atomic mass is 10.1. The summed E-state index contributed by atoms with van der Waals surface area (Å²) < 4.78 is 5.61. The predicted octanol–water partition coefficient (Wildman–Crippen LogP) is 2.67. The highest BCUT2D eigenvalue weighted by molar-refractivity contribution is 9.09. The number of nitrogens with zero attached hydrogens (tertiary/aromatic N) is 1. The number of ether oxygens (including phenoxy) is 1. The summed E-state index contributed by atoms with van der Waals surface area (Å²) in [7, 11) is 1.84. The quantitative estimate of drug-likeness (QED) is 0.795. The van der Waals surface area contributed by atoms with Gasteiger partial charge in [-0.25, -0.2) is 0 Å². The number of likely N-dealkylation sites (tertiary alicyclic amines) is 1. The molecule has 4 atom stereocenters. The van der Waals surface area contributed by atoms with E-state index in [-0.39, 0.29) is 0 Å². The summed E-state index contributed by atoms with van der Waals surface area (Å²) in [6.45, 7) is 2.25. The van der Waals surface area contributed by atoms with E-state index in [9.17, 15) is 0 Å². The van der Waals surface area contributed by atoms with Crippen LogP contribution in [0.3, 0.4) is 0 Å². The maximum absolute atomic E-state index is 5.61. The Labute approximate surface area is 111 Å². The molecular formula is C14H18BrNO. The molecule has 1 aromatic carbocycles. The number of methoxy groups -OCH3 is 1. The van der Waals surface area contributed by atoms with Crippen LogP contribution in [0.5, 0.6) is 0 Å². The minimum absolute atomic E-state index is 0.404. The molecule has 0 radical (unpaired) electrons. The molecule has 1 aliphatic carbocycles. The highest BCUT2D eigenvalue weighted by atomic mass is 79.9. The lowest BCUT2D eigenvalue weighted by molar-refractivity contribution is 0.0172. The van der Waals surface area contributed by atoms with E-state index in [2.05, 4.69) is 51.2 Å². The van der Waals surface area contributed by atoms with E-state index in [1.807, 2.05) is 7.11 Å². The first kappa shape index (κ1) is 11.7. The van der Waals surface area contributed by atoms with Crippen molar-refractivity contribution in [1.82, 2.24) is 4.90 Å². The van der Waals surface area contributed by atoms with Crippen molar-refractivity contribution in [3.05, 3.63) is 35.9 Å². The minimum Gasteiger partial charge on any atom is -0.380 e. The third-order valence-electron chi connectivity index (χ3n) is 4.11. The Morgan fingerprint density at radius 1 is 1.35 bits per heavy atom. The third-order valence-corrected chi connectivity index (χ3v) is 5.40. The average Bonchev–Trinajstić information content (AvgIpc) is 2.83. The largest absolute Gasteiger partial charge is 0.380 e. The summed E-state index contributed by atoms with van der Waals surface area (Å²) in [6, 6.07) is 11.3. The highest BCUT2D eigenvalue weighted by Crippen LogP contribution is 2.44. The molecule has 2 bridgehead atoms. The Balaban J connectivity index is 1.73. The fraction of sp³-hybridized carbons (Fsp3) is 0.571. The second-order valence-electron chi connectivity index (χ2n) is 5.12. The summed E-state index contributed by atoms with van der Waals surface area (Å²) in [4.78, 5) is 3.17. The molecule has 0 spiro atoms. The molecule has 0 amide bonds. The van der Waals surface area contributed by atoms with Crippen LogP contribution in [-0.2, 0) is 11.3 Å². The molecule has 1 saturated heterocycles. The highest BCUT2D eigenvalue weighted by Gasteiger charge is 2.51. The molecule has 3 rings (SSSR count). The Morgan fingerprint density at radius 3 is 2.76 bits per heavy atom. The number of benzene rings is 1. The van der Waals surface area contributed by atoms with Gasteiger partial charge in [-0.05, 0) is 17.9 Å². The standard InChI is InChI=1S/C14H18BrNO/c1-17-12-7-11-9-16(14(12)13(11)15)8-10-5-3-2-4-6-10/h2-6,11-14H,7-9H2,1H3/t11-,12+,13+,14-/m0/s1. The van der Waals surface area contributed by atoms with Gasteiger partial charge in [0.15, 0.2) is 0 Å². The van der Waals surface area contributed by atoms with E-state index in [0.717, 1.165) is 12.5 Å². The molecule has 3 heteroatoms. The van der Waals surface area contributed by atoms with Crippen molar-refractivity contribution in [3.63, 3.8) is 0 Å². The smallest absolute Gasteiger partial charge is 0.0741 e. The molecule has 0 N–H and O–H groups in total. The summed E-state index contributed by atoms with van der Waals surface area (Å²) in [5, 5.41) is 0. The van der Waals surface area contributed by atoms with Gasteiger partial charge in [-0.1, -0.05) is 46.3 Å². The van der Waals surface area contributed by atoms with Crippen LogP contribution in [0.2, 0.25) is 0 Å². The molecule has 0 unspecified atom stereocenters. The molecule has 0 aromatic heterocycles. The van der Waals surface area contributed by atoms with Crippen LogP contribution in [0.15, 0.2) is 30.3 Å². The fourth-order valence-electron chi connectivity index (χ4n) is 3.31.